The van der Waals surface area contributed by atoms with Crippen LogP contribution in [0.4, 0.5) is 5.69 Å². The largest absolute Gasteiger partial charge is 0.380 e. The van der Waals surface area contributed by atoms with Crippen molar-refractivity contribution in [1.29, 1.82) is 0 Å². The Hall–Kier alpha value is -1.55. The SMILES string of the molecule is COCc1ccc(NCC(=O)N(C)C2CC2)cc1. The van der Waals surface area contributed by atoms with Gasteiger partial charge in [-0.2, -0.15) is 0 Å². The van der Waals surface area contributed by atoms with Crippen LogP contribution >= 0.6 is 0 Å². The Morgan fingerprint density at radius 3 is 2.61 bits per heavy atom. The summed E-state index contributed by atoms with van der Waals surface area (Å²) in [6.07, 6.45) is 2.29. The highest BCUT2D eigenvalue weighted by Crippen LogP contribution is 2.25. The van der Waals surface area contributed by atoms with Crippen molar-refractivity contribution in [3.8, 4) is 0 Å². The molecule has 4 heteroatoms. The first-order valence-corrected chi connectivity index (χ1v) is 6.28. The van der Waals surface area contributed by atoms with E-state index in [4.69, 9.17) is 4.74 Å². The maximum absolute atomic E-state index is 11.8. The molecule has 1 aliphatic carbocycles. The molecule has 1 aromatic rings. The van der Waals surface area contributed by atoms with Crippen molar-refractivity contribution in [3.05, 3.63) is 29.8 Å². The minimum Gasteiger partial charge on any atom is -0.380 e. The number of carbonyl (C=O) groups excluding carboxylic acids is 1. The van der Waals surface area contributed by atoms with E-state index in [1.165, 1.54) is 0 Å². The van der Waals surface area contributed by atoms with Crippen LogP contribution in [0.3, 0.4) is 0 Å². The predicted molar refractivity (Wildman–Crippen MR) is 71.4 cm³/mol. The Balaban J connectivity index is 1.80. The van der Waals surface area contributed by atoms with Gasteiger partial charge in [-0.15, -0.1) is 0 Å². The van der Waals surface area contributed by atoms with E-state index in [2.05, 4.69) is 5.32 Å². The lowest BCUT2D eigenvalue weighted by molar-refractivity contribution is -0.128. The van der Waals surface area contributed by atoms with Crippen LogP contribution in [0, 0.1) is 0 Å². The lowest BCUT2D eigenvalue weighted by Gasteiger charge is -2.17. The fraction of sp³-hybridized carbons (Fsp3) is 0.500. The van der Waals surface area contributed by atoms with Gasteiger partial charge in [-0.05, 0) is 30.5 Å². The summed E-state index contributed by atoms with van der Waals surface area (Å²) < 4.78 is 5.05. The lowest BCUT2D eigenvalue weighted by Crippen LogP contribution is -2.33. The molecule has 1 N–H and O–H groups in total. The molecule has 1 amide bonds. The summed E-state index contributed by atoms with van der Waals surface area (Å²) in [6.45, 7) is 0.972. The number of anilines is 1. The highest BCUT2D eigenvalue weighted by molar-refractivity contribution is 5.81. The molecule has 0 atom stereocenters. The van der Waals surface area contributed by atoms with Crippen molar-refractivity contribution >= 4 is 11.6 Å². The summed E-state index contributed by atoms with van der Waals surface area (Å²) in [7, 11) is 3.56. The Bertz CT molecular complexity index is 399. The number of amides is 1. The number of ether oxygens (including phenoxy) is 1. The molecule has 2 rings (SSSR count). The van der Waals surface area contributed by atoms with Crippen LogP contribution in [0.15, 0.2) is 24.3 Å². The molecule has 1 fully saturated rings. The van der Waals surface area contributed by atoms with E-state index in [0.717, 1.165) is 24.1 Å². The molecule has 0 bridgehead atoms. The van der Waals surface area contributed by atoms with E-state index in [9.17, 15) is 4.79 Å². The van der Waals surface area contributed by atoms with Gasteiger partial charge in [-0.25, -0.2) is 0 Å². The number of hydrogen-bond acceptors (Lipinski definition) is 3. The second-order valence-electron chi connectivity index (χ2n) is 4.72. The zero-order valence-corrected chi connectivity index (χ0v) is 11.0. The van der Waals surface area contributed by atoms with Crippen molar-refractivity contribution in [1.82, 2.24) is 4.90 Å². The first-order valence-electron chi connectivity index (χ1n) is 6.28. The molecule has 0 unspecified atom stereocenters. The molecular weight excluding hydrogens is 228 g/mol. The number of benzene rings is 1. The lowest BCUT2D eigenvalue weighted by atomic mass is 10.2. The van der Waals surface area contributed by atoms with Gasteiger partial charge < -0.3 is 15.0 Å². The molecular formula is C14H20N2O2. The predicted octanol–water partition coefficient (Wildman–Crippen LogP) is 1.87. The normalized spacial score (nSPS) is 14.3. The second-order valence-corrected chi connectivity index (χ2v) is 4.72. The molecule has 0 aliphatic heterocycles. The number of nitrogens with zero attached hydrogens (tertiary/aromatic N) is 1. The maximum Gasteiger partial charge on any atom is 0.241 e. The van der Waals surface area contributed by atoms with Gasteiger partial charge in [0.15, 0.2) is 0 Å². The van der Waals surface area contributed by atoms with Crippen molar-refractivity contribution in [2.75, 3.05) is 26.0 Å². The highest BCUT2D eigenvalue weighted by Gasteiger charge is 2.29. The Morgan fingerprint density at radius 2 is 2.06 bits per heavy atom. The summed E-state index contributed by atoms with van der Waals surface area (Å²) in [5.74, 6) is 0.151. The summed E-state index contributed by atoms with van der Waals surface area (Å²) in [4.78, 5) is 13.7. The average molecular weight is 248 g/mol. The molecule has 1 aliphatic rings. The third-order valence-electron chi connectivity index (χ3n) is 3.20. The van der Waals surface area contributed by atoms with Crippen LogP contribution in [0.1, 0.15) is 18.4 Å². The van der Waals surface area contributed by atoms with Gasteiger partial charge in [0.2, 0.25) is 5.91 Å². The van der Waals surface area contributed by atoms with Crippen LogP contribution in [-0.4, -0.2) is 37.6 Å². The number of hydrogen-bond donors (Lipinski definition) is 1. The smallest absolute Gasteiger partial charge is 0.241 e. The summed E-state index contributed by atoms with van der Waals surface area (Å²) in [5.41, 5.74) is 2.09. The number of rotatable bonds is 6. The standard InChI is InChI=1S/C14H20N2O2/c1-16(13-7-8-13)14(17)9-15-12-5-3-11(4-6-12)10-18-2/h3-6,13,15H,7-10H2,1-2H3. The van der Waals surface area contributed by atoms with E-state index < -0.39 is 0 Å². The van der Waals surface area contributed by atoms with Gasteiger partial charge >= 0.3 is 0 Å². The van der Waals surface area contributed by atoms with Gasteiger partial charge in [-0.1, -0.05) is 12.1 Å². The Morgan fingerprint density at radius 1 is 1.39 bits per heavy atom. The molecule has 0 radical (unpaired) electrons. The summed E-state index contributed by atoms with van der Waals surface area (Å²) >= 11 is 0. The first kappa shape index (κ1) is 12.9. The van der Waals surface area contributed by atoms with E-state index in [0.29, 0.717) is 19.2 Å². The fourth-order valence-corrected chi connectivity index (χ4v) is 1.85. The zero-order chi connectivity index (χ0) is 13.0. The molecule has 18 heavy (non-hydrogen) atoms. The molecule has 0 saturated heterocycles. The minimum atomic E-state index is 0.151. The third kappa shape index (κ3) is 3.47. The number of methoxy groups -OCH3 is 1. The number of nitrogens with one attached hydrogen (secondary N) is 1. The van der Waals surface area contributed by atoms with E-state index in [-0.39, 0.29) is 5.91 Å². The van der Waals surface area contributed by atoms with Gasteiger partial charge in [0.05, 0.1) is 13.2 Å². The minimum absolute atomic E-state index is 0.151. The van der Waals surface area contributed by atoms with Gasteiger partial charge in [0.1, 0.15) is 0 Å². The second kappa shape index (κ2) is 5.87. The van der Waals surface area contributed by atoms with Crippen LogP contribution < -0.4 is 5.32 Å². The highest BCUT2D eigenvalue weighted by atomic mass is 16.5. The monoisotopic (exact) mass is 248 g/mol. The van der Waals surface area contributed by atoms with E-state index in [1.807, 2.05) is 36.2 Å². The molecule has 0 heterocycles. The topological polar surface area (TPSA) is 41.6 Å². The van der Waals surface area contributed by atoms with Crippen molar-refractivity contribution in [2.45, 2.75) is 25.5 Å². The summed E-state index contributed by atoms with van der Waals surface area (Å²) in [5, 5.41) is 3.15. The van der Waals surface area contributed by atoms with Gasteiger partial charge in [0.25, 0.3) is 0 Å². The van der Waals surface area contributed by atoms with Crippen molar-refractivity contribution in [2.24, 2.45) is 0 Å². The van der Waals surface area contributed by atoms with Crippen LogP contribution in [0.2, 0.25) is 0 Å². The fourth-order valence-electron chi connectivity index (χ4n) is 1.85. The van der Waals surface area contributed by atoms with Crippen LogP contribution in [0.25, 0.3) is 0 Å². The maximum atomic E-state index is 11.8. The number of likely N-dealkylation sites (N-methyl/N-ethyl adjacent to an activating group) is 1. The van der Waals surface area contributed by atoms with Gasteiger partial charge in [-0.3, -0.25) is 4.79 Å². The molecule has 4 nitrogen and oxygen atoms in total. The van der Waals surface area contributed by atoms with Crippen molar-refractivity contribution < 1.29 is 9.53 Å². The molecule has 1 aromatic carbocycles. The van der Waals surface area contributed by atoms with Gasteiger partial charge in [0, 0.05) is 25.9 Å². The van der Waals surface area contributed by atoms with Crippen LogP contribution in [0.5, 0.6) is 0 Å². The Labute approximate surface area is 108 Å². The molecule has 1 saturated carbocycles. The van der Waals surface area contributed by atoms with Crippen LogP contribution in [-0.2, 0) is 16.1 Å². The summed E-state index contributed by atoms with van der Waals surface area (Å²) in [6, 6.07) is 8.42. The van der Waals surface area contributed by atoms with E-state index in [1.54, 1.807) is 7.11 Å². The first-order chi connectivity index (χ1) is 8.70. The van der Waals surface area contributed by atoms with Crippen molar-refractivity contribution in [3.63, 3.8) is 0 Å². The molecule has 0 aromatic heterocycles. The Kier molecular flexibility index (Phi) is 4.20. The zero-order valence-electron chi connectivity index (χ0n) is 11.0. The average Bonchev–Trinajstić information content (AvgIpc) is 3.21. The third-order valence-corrected chi connectivity index (χ3v) is 3.20. The van der Waals surface area contributed by atoms with E-state index >= 15 is 0 Å². The number of carbonyl (C=O) groups is 1. The molecule has 0 spiro atoms. The molecule has 98 valence electrons. The quantitative estimate of drug-likeness (QED) is 0.835.